The van der Waals surface area contributed by atoms with E-state index in [2.05, 4.69) is 5.32 Å². The first-order chi connectivity index (χ1) is 8.39. The van der Waals surface area contributed by atoms with E-state index < -0.39 is 0 Å². The van der Waals surface area contributed by atoms with Crippen molar-refractivity contribution in [1.29, 1.82) is 0 Å². The molecule has 0 amide bonds. The highest BCUT2D eigenvalue weighted by molar-refractivity contribution is 6.37. The molecule has 3 nitrogen and oxygen atoms in total. The molecule has 0 saturated carbocycles. The van der Waals surface area contributed by atoms with Crippen LogP contribution in [0.3, 0.4) is 0 Å². The van der Waals surface area contributed by atoms with Crippen molar-refractivity contribution in [2.45, 2.75) is 32.9 Å². The molecule has 19 heavy (non-hydrogen) atoms. The Bertz CT molecular complexity index is 388. The average Bonchev–Trinajstić information content (AvgIpc) is 2.31. The summed E-state index contributed by atoms with van der Waals surface area (Å²) in [5.74, 6) is 0.519. The van der Waals surface area contributed by atoms with Crippen LogP contribution in [0.1, 0.15) is 26.3 Å². The van der Waals surface area contributed by atoms with Gasteiger partial charge in [0, 0.05) is 12.1 Å². The minimum Gasteiger partial charge on any atom is -1.00 e. The largest absolute Gasteiger partial charge is 1.00 e. The van der Waals surface area contributed by atoms with Crippen LogP contribution < -0.4 is 22.5 Å². The Morgan fingerprint density at radius 2 is 1.79 bits per heavy atom. The number of ether oxygens (including phenoxy) is 1. The summed E-state index contributed by atoms with van der Waals surface area (Å²) in [5.41, 5.74) is 0.618. The Labute approximate surface area is 130 Å². The van der Waals surface area contributed by atoms with E-state index in [9.17, 15) is 0 Å². The molecule has 0 aromatic heterocycles. The molecule has 1 aromatic rings. The van der Waals surface area contributed by atoms with E-state index >= 15 is 0 Å². The van der Waals surface area contributed by atoms with Crippen molar-refractivity contribution in [3.8, 4) is 5.75 Å². The van der Waals surface area contributed by atoms with E-state index in [-0.39, 0.29) is 24.6 Å². The van der Waals surface area contributed by atoms with Gasteiger partial charge in [-0.05, 0) is 38.5 Å². The summed E-state index contributed by atoms with van der Waals surface area (Å²) < 4.78 is 5.36. The van der Waals surface area contributed by atoms with Gasteiger partial charge in [-0.3, -0.25) is 0 Å². The van der Waals surface area contributed by atoms with E-state index in [0.717, 1.165) is 5.56 Å². The fourth-order valence-corrected chi connectivity index (χ4v) is 2.04. The molecular weight excluding hydrogens is 309 g/mol. The van der Waals surface area contributed by atoms with Crippen molar-refractivity contribution in [1.82, 2.24) is 5.32 Å². The highest BCUT2D eigenvalue weighted by Crippen LogP contribution is 2.34. The van der Waals surface area contributed by atoms with Gasteiger partial charge in [0.15, 0.2) is 5.75 Å². The molecule has 0 unspecified atom stereocenters. The summed E-state index contributed by atoms with van der Waals surface area (Å²) in [6, 6.07) is 3.64. The van der Waals surface area contributed by atoms with Gasteiger partial charge in [0.05, 0.1) is 23.3 Å². The Hall–Kier alpha value is -0.190. The van der Waals surface area contributed by atoms with Crippen LogP contribution in [0.25, 0.3) is 0 Å². The maximum atomic E-state index is 9.16. The zero-order chi connectivity index (χ0) is 13.8. The topological polar surface area (TPSA) is 41.5 Å². The normalized spacial score (nSPS) is 11.1. The average molecular weight is 328 g/mol. The SMILES string of the molecule is CCOc1c(Cl)cc(CNC(C)(C)CO)cc1Cl.[Cl-]. The highest BCUT2D eigenvalue weighted by Gasteiger charge is 2.16. The monoisotopic (exact) mass is 326 g/mol. The first-order valence-electron chi connectivity index (χ1n) is 5.86. The van der Waals surface area contributed by atoms with Gasteiger partial charge in [-0.15, -0.1) is 0 Å². The van der Waals surface area contributed by atoms with Crippen LogP contribution in [-0.2, 0) is 6.54 Å². The van der Waals surface area contributed by atoms with E-state index in [1.165, 1.54) is 0 Å². The molecule has 0 atom stereocenters. The zero-order valence-corrected chi connectivity index (χ0v) is 13.5. The van der Waals surface area contributed by atoms with E-state index in [1.54, 1.807) is 0 Å². The second kappa shape index (κ2) is 8.18. The van der Waals surface area contributed by atoms with Crippen LogP contribution in [0.2, 0.25) is 10.0 Å². The maximum Gasteiger partial charge on any atom is 0.156 e. The van der Waals surface area contributed by atoms with Gasteiger partial charge in [-0.1, -0.05) is 23.2 Å². The lowest BCUT2D eigenvalue weighted by molar-refractivity contribution is -0.00000514. The van der Waals surface area contributed by atoms with Crippen molar-refractivity contribution in [2.75, 3.05) is 13.2 Å². The predicted octanol–water partition coefficient (Wildman–Crippen LogP) is 0.257. The maximum absolute atomic E-state index is 9.16. The molecule has 2 N–H and O–H groups in total. The highest BCUT2D eigenvalue weighted by atomic mass is 35.5. The van der Waals surface area contributed by atoms with Gasteiger partial charge in [-0.25, -0.2) is 0 Å². The number of rotatable bonds is 6. The molecule has 0 fully saturated rings. The van der Waals surface area contributed by atoms with Crippen LogP contribution in [-0.4, -0.2) is 23.9 Å². The Balaban J connectivity index is 0.00000324. The third-order valence-corrected chi connectivity index (χ3v) is 3.07. The third-order valence-electron chi connectivity index (χ3n) is 2.51. The van der Waals surface area contributed by atoms with Crippen molar-refractivity contribution >= 4 is 23.2 Å². The summed E-state index contributed by atoms with van der Waals surface area (Å²) in [6.45, 7) is 6.89. The predicted molar refractivity (Wildman–Crippen MR) is 75.6 cm³/mol. The molecule has 0 aliphatic heterocycles. The molecule has 0 bridgehead atoms. The zero-order valence-electron chi connectivity index (χ0n) is 11.3. The van der Waals surface area contributed by atoms with Gasteiger partial charge in [-0.2, -0.15) is 0 Å². The quantitative estimate of drug-likeness (QED) is 0.787. The molecule has 0 aliphatic carbocycles. The summed E-state index contributed by atoms with van der Waals surface area (Å²) in [6.07, 6.45) is 0. The first-order valence-corrected chi connectivity index (χ1v) is 6.62. The number of aliphatic hydroxyl groups excluding tert-OH is 1. The Kier molecular flexibility index (Phi) is 8.09. The minimum absolute atomic E-state index is 0. The Morgan fingerprint density at radius 3 is 2.21 bits per heavy atom. The van der Waals surface area contributed by atoms with Crippen molar-refractivity contribution in [3.05, 3.63) is 27.7 Å². The molecule has 1 rings (SSSR count). The van der Waals surface area contributed by atoms with E-state index in [4.69, 9.17) is 33.0 Å². The van der Waals surface area contributed by atoms with Crippen LogP contribution in [0, 0.1) is 0 Å². The van der Waals surface area contributed by atoms with Crippen molar-refractivity contribution in [3.63, 3.8) is 0 Å². The van der Waals surface area contributed by atoms with E-state index in [1.807, 2.05) is 32.9 Å². The standard InChI is InChI=1S/C13H19Cl2NO2.ClH/c1-4-18-12-10(14)5-9(6-11(12)15)7-16-13(2,3)8-17;/h5-6,16-17H,4,7-8H2,1-3H3;1H/p-1. The number of halogens is 3. The number of nitrogens with one attached hydrogen (secondary N) is 1. The Morgan fingerprint density at radius 1 is 1.26 bits per heavy atom. The van der Waals surface area contributed by atoms with Crippen LogP contribution in [0.4, 0.5) is 0 Å². The molecule has 0 aliphatic rings. The molecule has 110 valence electrons. The summed E-state index contributed by atoms with van der Waals surface area (Å²) >= 11 is 12.2. The second-order valence-electron chi connectivity index (χ2n) is 4.72. The number of benzene rings is 1. The summed E-state index contributed by atoms with van der Waals surface area (Å²) in [4.78, 5) is 0. The van der Waals surface area contributed by atoms with Gasteiger partial charge >= 0.3 is 0 Å². The van der Waals surface area contributed by atoms with Gasteiger partial charge < -0.3 is 27.6 Å². The summed E-state index contributed by atoms with van der Waals surface area (Å²) in [5, 5.41) is 13.4. The first kappa shape index (κ1) is 18.8. The lowest BCUT2D eigenvalue weighted by Crippen LogP contribution is -3.00. The lowest BCUT2D eigenvalue weighted by Gasteiger charge is -2.23. The third kappa shape index (κ3) is 5.76. The molecule has 0 heterocycles. The fraction of sp³-hybridized carbons (Fsp3) is 0.538. The van der Waals surface area contributed by atoms with Crippen LogP contribution in [0.5, 0.6) is 5.75 Å². The smallest absolute Gasteiger partial charge is 0.156 e. The van der Waals surface area contributed by atoms with Crippen LogP contribution in [0.15, 0.2) is 12.1 Å². The molecule has 1 aromatic carbocycles. The van der Waals surface area contributed by atoms with Crippen molar-refractivity contribution in [2.24, 2.45) is 0 Å². The minimum atomic E-state index is -0.336. The molecular formula is C13H19Cl3NO2-. The molecule has 0 saturated heterocycles. The van der Waals surface area contributed by atoms with E-state index in [0.29, 0.717) is 28.9 Å². The number of hydrogen-bond donors (Lipinski definition) is 2. The van der Waals surface area contributed by atoms with Crippen molar-refractivity contribution < 1.29 is 22.3 Å². The molecule has 0 spiro atoms. The second-order valence-corrected chi connectivity index (χ2v) is 5.53. The number of aliphatic hydroxyl groups is 1. The van der Waals surface area contributed by atoms with Gasteiger partial charge in [0.2, 0.25) is 0 Å². The fourth-order valence-electron chi connectivity index (χ4n) is 1.39. The van der Waals surface area contributed by atoms with Gasteiger partial charge in [0.1, 0.15) is 0 Å². The van der Waals surface area contributed by atoms with Crippen LogP contribution >= 0.6 is 23.2 Å². The molecule has 6 heteroatoms. The molecule has 0 radical (unpaired) electrons. The summed E-state index contributed by atoms with van der Waals surface area (Å²) in [7, 11) is 0. The van der Waals surface area contributed by atoms with Gasteiger partial charge in [0.25, 0.3) is 0 Å². The lowest BCUT2D eigenvalue weighted by atomic mass is 10.1. The number of hydrogen-bond acceptors (Lipinski definition) is 3.